The number of carbonyl (C=O) groups is 1. The molecule has 2 N–H and O–H groups in total. The van der Waals surface area contributed by atoms with Gasteiger partial charge in [-0.25, -0.2) is 4.39 Å². The van der Waals surface area contributed by atoms with E-state index in [0.717, 1.165) is 6.42 Å². The lowest BCUT2D eigenvalue weighted by Crippen LogP contribution is -2.48. The molecule has 2 unspecified atom stereocenters. The van der Waals surface area contributed by atoms with Crippen molar-refractivity contribution in [1.82, 2.24) is 4.90 Å². The van der Waals surface area contributed by atoms with Crippen LogP contribution in [0, 0.1) is 11.7 Å². The van der Waals surface area contributed by atoms with Gasteiger partial charge in [0.05, 0.1) is 5.02 Å². The fraction of sp³-hybridized carbons (Fsp3) is 0.462. The van der Waals surface area contributed by atoms with E-state index in [1.165, 1.54) is 18.2 Å². The summed E-state index contributed by atoms with van der Waals surface area (Å²) >= 11 is 5.68. The highest BCUT2D eigenvalue weighted by Gasteiger charge is 2.26. The molecule has 1 aromatic rings. The molecule has 0 spiro atoms. The van der Waals surface area contributed by atoms with Crippen LogP contribution in [0.1, 0.15) is 23.7 Å². The van der Waals surface area contributed by atoms with E-state index < -0.39 is 5.82 Å². The second-order valence-electron chi connectivity index (χ2n) is 4.94. The number of nitrogens with zero attached hydrogens (tertiary/aromatic N) is 1. The smallest absolute Gasteiger partial charge is 0.253 e. The predicted molar refractivity (Wildman–Crippen MR) is 69.1 cm³/mol. The van der Waals surface area contributed by atoms with Crippen LogP contribution < -0.4 is 5.73 Å². The SMILES string of the molecule is CC1CC(N)CN(C(=O)c2ccc(F)c(Cl)c2)C1. The molecule has 1 amide bonds. The van der Waals surface area contributed by atoms with Gasteiger partial charge in [0.25, 0.3) is 5.91 Å². The van der Waals surface area contributed by atoms with Crippen molar-refractivity contribution >= 4 is 17.5 Å². The van der Waals surface area contributed by atoms with E-state index in [0.29, 0.717) is 24.6 Å². The fourth-order valence-electron chi connectivity index (χ4n) is 2.38. The van der Waals surface area contributed by atoms with E-state index in [4.69, 9.17) is 17.3 Å². The Balaban J connectivity index is 2.17. The summed E-state index contributed by atoms with van der Waals surface area (Å²) in [4.78, 5) is 14.0. The number of amides is 1. The first-order valence-corrected chi connectivity index (χ1v) is 6.35. The number of piperidine rings is 1. The molecular formula is C13H16ClFN2O. The molecule has 2 atom stereocenters. The summed E-state index contributed by atoms with van der Waals surface area (Å²) in [5, 5.41) is -0.0322. The standard InChI is InChI=1S/C13H16ClFN2O/c1-8-4-10(16)7-17(6-8)13(18)9-2-3-12(15)11(14)5-9/h2-3,5,8,10H,4,6-7,16H2,1H3. The molecule has 0 saturated carbocycles. The summed E-state index contributed by atoms with van der Waals surface area (Å²) < 4.78 is 13.1. The highest BCUT2D eigenvalue weighted by molar-refractivity contribution is 6.31. The molecule has 1 saturated heterocycles. The summed E-state index contributed by atoms with van der Waals surface area (Å²) in [6.45, 7) is 3.29. The molecule has 2 rings (SSSR count). The van der Waals surface area contributed by atoms with Crippen LogP contribution in [0.2, 0.25) is 5.02 Å². The van der Waals surface area contributed by atoms with Crippen molar-refractivity contribution in [1.29, 1.82) is 0 Å². The molecule has 0 aliphatic carbocycles. The third kappa shape index (κ3) is 2.82. The first-order valence-electron chi connectivity index (χ1n) is 5.97. The van der Waals surface area contributed by atoms with Gasteiger partial charge in [0.1, 0.15) is 5.82 Å². The minimum atomic E-state index is -0.517. The lowest BCUT2D eigenvalue weighted by Gasteiger charge is -2.34. The third-order valence-corrected chi connectivity index (χ3v) is 3.44. The zero-order valence-electron chi connectivity index (χ0n) is 10.2. The Morgan fingerprint density at radius 1 is 1.50 bits per heavy atom. The van der Waals surface area contributed by atoms with Crippen molar-refractivity contribution in [2.24, 2.45) is 11.7 Å². The monoisotopic (exact) mass is 270 g/mol. The van der Waals surface area contributed by atoms with E-state index in [2.05, 4.69) is 6.92 Å². The quantitative estimate of drug-likeness (QED) is 0.851. The largest absolute Gasteiger partial charge is 0.337 e. The van der Waals surface area contributed by atoms with Crippen LogP contribution in [-0.4, -0.2) is 29.9 Å². The van der Waals surface area contributed by atoms with E-state index in [1.54, 1.807) is 4.90 Å². The van der Waals surface area contributed by atoms with Crippen molar-refractivity contribution in [2.75, 3.05) is 13.1 Å². The van der Waals surface area contributed by atoms with Gasteiger partial charge in [-0.1, -0.05) is 18.5 Å². The van der Waals surface area contributed by atoms with Crippen LogP contribution in [0.3, 0.4) is 0 Å². The van der Waals surface area contributed by atoms with Crippen LogP contribution >= 0.6 is 11.6 Å². The maximum Gasteiger partial charge on any atom is 0.253 e. The van der Waals surface area contributed by atoms with E-state index in [9.17, 15) is 9.18 Å². The van der Waals surface area contributed by atoms with Gasteiger partial charge in [-0.3, -0.25) is 4.79 Å². The Labute approximate surface area is 111 Å². The maximum absolute atomic E-state index is 13.1. The van der Waals surface area contributed by atoms with Crippen LogP contribution in [0.25, 0.3) is 0 Å². The number of benzene rings is 1. The molecule has 1 aromatic carbocycles. The normalized spacial score (nSPS) is 24.1. The van der Waals surface area contributed by atoms with Crippen molar-refractivity contribution in [3.05, 3.63) is 34.6 Å². The summed E-state index contributed by atoms with van der Waals surface area (Å²) in [5.41, 5.74) is 6.31. The first-order chi connectivity index (χ1) is 8.47. The molecule has 1 aliphatic rings. The van der Waals surface area contributed by atoms with Crippen molar-refractivity contribution in [3.63, 3.8) is 0 Å². The number of hydrogen-bond donors (Lipinski definition) is 1. The van der Waals surface area contributed by atoms with Gasteiger partial charge in [0.15, 0.2) is 0 Å². The van der Waals surface area contributed by atoms with Crippen LogP contribution in [0.5, 0.6) is 0 Å². The maximum atomic E-state index is 13.1. The molecule has 1 fully saturated rings. The molecule has 0 bridgehead atoms. The number of nitrogens with two attached hydrogens (primary N) is 1. The first kappa shape index (κ1) is 13.3. The number of rotatable bonds is 1. The molecule has 1 aliphatic heterocycles. The number of halogens is 2. The number of carbonyl (C=O) groups excluding carboxylic acids is 1. The lowest BCUT2D eigenvalue weighted by atomic mass is 9.96. The fourth-order valence-corrected chi connectivity index (χ4v) is 2.56. The van der Waals surface area contributed by atoms with Crippen LogP contribution in [-0.2, 0) is 0 Å². The molecule has 98 valence electrons. The van der Waals surface area contributed by atoms with Crippen LogP contribution in [0.4, 0.5) is 4.39 Å². The van der Waals surface area contributed by atoms with Gasteiger partial charge < -0.3 is 10.6 Å². The van der Waals surface area contributed by atoms with Gasteiger partial charge in [-0.15, -0.1) is 0 Å². The molecule has 5 heteroatoms. The second-order valence-corrected chi connectivity index (χ2v) is 5.35. The van der Waals surface area contributed by atoms with Crippen molar-refractivity contribution < 1.29 is 9.18 Å². The highest BCUT2D eigenvalue weighted by Crippen LogP contribution is 2.20. The molecule has 0 radical (unpaired) electrons. The Morgan fingerprint density at radius 2 is 2.22 bits per heavy atom. The molecular weight excluding hydrogens is 255 g/mol. The van der Waals surface area contributed by atoms with Crippen molar-refractivity contribution in [3.8, 4) is 0 Å². The lowest BCUT2D eigenvalue weighted by molar-refractivity contribution is 0.0661. The Bertz CT molecular complexity index is 456. The summed E-state index contributed by atoms with van der Waals surface area (Å²) in [5.74, 6) is -0.274. The average molecular weight is 271 g/mol. The minimum Gasteiger partial charge on any atom is -0.337 e. The zero-order valence-corrected chi connectivity index (χ0v) is 11.0. The summed E-state index contributed by atoms with van der Waals surface area (Å²) in [6.07, 6.45) is 0.925. The molecule has 0 aromatic heterocycles. The predicted octanol–water partition coefficient (Wildman–Crippen LogP) is 2.29. The molecule has 1 heterocycles. The second kappa shape index (κ2) is 5.24. The molecule has 18 heavy (non-hydrogen) atoms. The van der Waals surface area contributed by atoms with Gasteiger partial charge >= 0.3 is 0 Å². The van der Waals surface area contributed by atoms with Crippen LogP contribution in [0.15, 0.2) is 18.2 Å². The van der Waals surface area contributed by atoms with E-state index in [-0.39, 0.29) is 17.0 Å². The Kier molecular flexibility index (Phi) is 3.88. The molecule has 3 nitrogen and oxygen atoms in total. The summed E-state index contributed by atoms with van der Waals surface area (Å²) in [6, 6.07) is 4.04. The average Bonchev–Trinajstić information content (AvgIpc) is 2.30. The highest BCUT2D eigenvalue weighted by atomic mass is 35.5. The van der Waals surface area contributed by atoms with Gasteiger partial charge in [-0.05, 0) is 30.5 Å². The van der Waals surface area contributed by atoms with Crippen molar-refractivity contribution in [2.45, 2.75) is 19.4 Å². The zero-order chi connectivity index (χ0) is 13.3. The number of hydrogen-bond acceptors (Lipinski definition) is 2. The number of likely N-dealkylation sites (tertiary alicyclic amines) is 1. The van der Waals surface area contributed by atoms with Gasteiger partial charge in [0.2, 0.25) is 0 Å². The third-order valence-electron chi connectivity index (χ3n) is 3.15. The Hall–Kier alpha value is -1.13. The topological polar surface area (TPSA) is 46.3 Å². The van der Waals surface area contributed by atoms with E-state index in [1.807, 2.05) is 0 Å². The van der Waals surface area contributed by atoms with E-state index >= 15 is 0 Å². The van der Waals surface area contributed by atoms with Gasteiger partial charge in [-0.2, -0.15) is 0 Å². The minimum absolute atomic E-state index is 0.00798. The van der Waals surface area contributed by atoms with Gasteiger partial charge in [0, 0.05) is 24.7 Å². The Morgan fingerprint density at radius 3 is 2.83 bits per heavy atom. The summed E-state index contributed by atoms with van der Waals surface area (Å²) in [7, 11) is 0.